The van der Waals surface area contributed by atoms with Crippen LogP contribution in [0.4, 0.5) is 0 Å². The van der Waals surface area contributed by atoms with Crippen molar-refractivity contribution in [2.24, 2.45) is 0 Å². The SMILES string of the molecule is CCC(C)=CCC(OP(=O)(O)OP(=O)(O)OP(=O)(O)O)[C@H]1O[C@@H](n2cnc3c(=O)[nH]c(=O)[nH]c32)[C@H](O)[C@@H]1O. The molecule has 0 aliphatic carbocycles. The molecule has 0 radical (unpaired) electrons. The van der Waals surface area contributed by atoms with Crippen molar-refractivity contribution in [2.45, 2.75) is 57.3 Å². The number of imidazole rings is 1. The number of aromatic amines is 2. The number of phosphoric ester groups is 1. The quantitative estimate of drug-likeness (QED) is 0.118. The molecule has 38 heavy (non-hydrogen) atoms. The summed E-state index contributed by atoms with van der Waals surface area (Å²) in [6, 6.07) is 0. The lowest BCUT2D eigenvalue weighted by molar-refractivity contribution is -0.0798. The van der Waals surface area contributed by atoms with Gasteiger partial charge in [0.15, 0.2) is 11.7 Å². The number of aliphatic hydroxyl groups excluding tert-OH is 2. The number of H-pyrrole nitrogens is 2. The topological polar surface area (TPSA) is 293 Å². The Morgan fingerprint density at radius 3 is 2.39 bits per heavy atom. The van der Waals surface area contributed by atoms with Gasteiger partial charge in [-0.15, -0.1) is 0 Å². The van der Waals surface area contributed by atoms with E-state index in [4.69, 9.17) is 19.0 Å². The normalized spacial score (nSPS) is 26.8. The van der Waals surface area contributed by atoms with E-state index >= 15 is 0 Å². The molecule has 1 aliphatic rings. The van der Waals surface area contributed by atoms with Crippen LogP contribution in [0.15, 0.2) is 27.6 Å². The maximum Gasteiger partial charge on any atom is 0.490 e. The van der Waals surface area contributed by atoms with Gasteiger partial charge in [0, 0.05) is 0 Å². The van der Waals surface area contributed by atoms with Crippen LogP contribution in [0, 0.1) is 0 Å². The second-order valence-corrected chi connectivity index (χ2v) is 12.5. The zero-order valence-corrected chi connectivity index (χ0v) is 22.2. The fourth-order valence-electron chi connectivity index (χ4n) is 3.54. The van der Waals surface area contributed by atoms with Crippen molar-refractivity contribution in [2.75, 3.05) is 0 Å². The van der Waals surface area contributed by atoms with Crippen molar-refractivity contribution in [3.05, 3.63) is 38.8 Å². The van der Waals surface area contributed by atoms with Crippen molar-refractivity contribution in [1.29, 1.82) is 0 Å². The minimum atomic E-state index is -5.83. The van der Waals surface area contributed by atoms with E-state index in [-0.39, 0.29) is 17.6 Å². The molecule has 3 heterocycles. The number of phosphoric acid groups is 3. The summed E-state index contributed by atoms with van der Waals surface area (Å²) >= 11 is 0. The Morgan fingerprint density at radius 1 is 1.13 bits per heavy atom. The van der Waals surface area contributed by atoms with E-state index in [2.05, 4.69) is 18.6 Å². The first-order valence-electron chi connectivity index (χ1n) is 10.6. The fourth-order valence-corrected chi connectivity index (χ4v) is 6.74. The molecule has 3 unspecified atom stereocenters. The Balaban J connectivity index is 1.93. The molecule has 0 spiro atoms. The van der Waals surface area contributed by atoms with Gasteiger partial charge >= 0.3 is 29.2 Å². The van der Waals surface area contributed by atoms with Crippen LogP contribution in [0.1, 0.15) is 32.9 Å². The van der Waals surface area contributed by atoms with Gasteiger partial charge < -0.3 is 34.5 Å². The molecular formula is C16H25N4O15P3. The molecule has 0 bridgehead atoms. The number of nitrogens with one attached hydrogen (secondary N) is 2. The van der Waals surface area contributed by atoms with Gasteiger partial charge in [0.2, 0.25) is 0 Å². The number of allylic oxidation sites excluding steroid dienone is 1. The van der Waals surface area contributed by atoms with Crippen LogP contribution in [0.5, 0.6) is 0 Å². The number of fused-ring (bicyclic) bond motifs is 1. The summed E-state index contributed by atoms with van der Waals surface area (Å²) in [5.41, 5.74) is -1.42. The van der Waals surface area contributed by atoms with Crippen molar-refractivity contribution >= 4 is 34.6 Å². The molecule has 2 aromatic heterocycles. The van der Waals surface area contributed by atoms with Gasteiger partial charge in [-0.2, -0.15) is 8.62 Å². The highest BCUT2D eigenvalue weighted by atomic mass is 31.3. The number of ether oxygens (including phenoxy) is 1. The average Bonchev–Trinajstić information content (AvgIpc) is 3.29. The summed E-state index contributed by atoms with van der Waals surface area (Å²) in [5, 5.41) is 21.3. The van der Waals surface area contributed by atoms with E-state index in [0.717, 1.165) is 16.5 Å². The summed E-state index contributed by atoms with van der Waals surface area (Å²) in [6.45, 7) is 3.48. The number of rotatable bonds is 11. The van der Waals surface area contributed by atoms with Gasteiger partial charge in [0.25, 0.3) is 5.56 Å². The minimum absolute atomic E-state index is 0.179. The highest BCUT2D eigenvalue weighted by molar-refractivity contribution is 7.66. The molecule has 1 fully saturated rings. The highest BCUT2D eigenvalue weighted by Crippen LogP contribution is 2.66. The molecule has 3 rings (SSSR count). The summed E-state index contributed by atoms with van der Waals surface area (Å²) < 4.78 is 54.1. The number of nitrogens with zero attached hydrogens (tertiary/aromatic N) is 2. The third-order valence-electron chi connectivity index (χ3n) is 5.32. The van der Waals surface area contributed by atoms with Crippen molar-refractivity contribution < 1.29 is 61.4 Å². The standard InChI is InChI=1S/C16H25N4O15P3/c1-3-7(2)4-5-8(33-37(28,29)35-38(30,31)34-36(25,26)27)12-10(21)11(22)15(32-12)20-6-17-9-13(20)18-16(24)19-14(9)23/h4,6,8,10-12,15,21-22H,3,5H2,1-2H3,(H,28,29)(H,30,31)(H2,25,26,27)(H2,18,19,23,24)/t8?,10-,11+,12+,15+/m0/s1. The molecule has 22 heteroatoms. The minimum Gasteiger partial charge on any atom is -0.387 e. The molecule has 1 aliphatic heterocycles. The third-order valence-corrected chi connectivity index (χ3v) is 9.19. The number of aliphatic hydroxyl groups is 2. The first kappa shape index (κ1) is 30.7. The Labute approximate surface area is 212 Å². The summed E-state index contributed by atoms with van der Waals surface area (Å²) in [7, 11) is -17.1. The molecule has 0 amide bonds. The first-order chi connectivity index (χ1) is 17.4. The highest BCUT2D eigenvalue weighted by Gasteiger charge is 2.50. The lowest BCUT2D eigenvalue weighted by Crippen LogP contribution is -2.39. The molecule has 2 aromatic rings. The Morgan fingerprint density at radius 2 is 1.79 bits per heavy atom. The average molecular weight is 606 g/mol. The lowest BCUT2D eigenvalue weighted by Gasteiger charge is -2.27. The molecule has 7 atom stereocenters. The number of aromatic nitrogens is 4. The van der Waals surface area contributed by atoms with Crippen molar-refractivity contribution in [1.82, 2.24) is 19.5 Å². The summed E-state index contributed by atoms with van der Waals surface area (Å²) in [5.74, 6) is 0. The third kappa shape index (κ3) is 7.43. The second kappa shape index (κ2) is 11.3. The molecular weight excluding hydrogens is 581 g/mol. The van der Waals surface area contributed by atoms with Gasteiger partial charge in [0.1, 0.15) is 30.1 Å². The molecule has 214 valence electrons. The van der Waals surface area contributed by atoms with Crippen LogP contribution in [0.2, 0.25) is 0 Å². The van der Waals surface area contributed by atoms with E-state index in [1.807, 2.05) is 4.98 Å². The van der Waals surface area contributed by atoms with Crippen LogP contribution in [0.3, 0.4) is 0 Å². The van der Waals surface area contributed by atoms with E-state index < -0.39 is 65.4 Å². The van der Waals surface area contributed by atoms with Crippen LogP contribution in [0.25, 0.3) is 11.2 Å². The van der Waals surface area contributed by atoms with Crippen molar-refractivity contribution in [3.8, 4) is 0 Å². The summed E-state index contributed by atoms with van der Waals surface area (Å²) in [6.07, 6.45) is -5.65. The first-order valence-corrected chi connectivity index (χ1v) is 15.1. The Hall–Kier alpha value is -1.82. The monoisotopic (exact) mass is 606 g/mol. The molecule has 1 saturated heterocycles. The van der Waals surface area contributed by atoms with Gasteiger partial charge in [0.05, 0.1) is 6.33 Å². The predicted molar refractivity (Wildman–Crippen MR) is 124 cm³/mol. The molecule has 0 saturated carbocycles. The maximum atomic E-state index is 12.5. The van der Waals surface area contributed by atoms with Gasteiger partial charge in [-0.05, 0) is 19.8 Å². The maximum absolute atomic E-state index is 12.5. The molecule has 19 nitrogen and oxygen atoms in total. The molecule has 8 N–H and O–H groups in total. The van der Waals surface area contributed by atoms with Crippen LogP contribution in [-0.2, 0) is 31.6 Å². The van der Waals surface area contributed by atoms with Crippen molar-refractivity contribution in [3.63, 3.8) is 0 Å². The van der Waals surface area contributed by atoms with Gasteiger partial charge in [-0.3, -0.25) is 23.9 Å². The largest absolute Gasteiger partial charge is 0.490 e. The van der Waals surface area contributed by atoms with E-state index in [9.17, 15) is 43.3 Å². The van der Waals surface area contributed by atoms with Crippen LogP contribution < -0.4 is 11.2 Å². The zero-order valence-electron chi connectivity index (χ0n) is 19.5. The van der Waals surface area contributed by atoms with Gasteiger partial charge in [-0.25, -0.2) is 23.5 Å². The molecule has 0 aromatic carbocycles. The van der Waals surface area contributed by atoms with E-state index in [1.165, 1.54) is 6.08 Å². The van der Waals surface area contributed by atoms with E-state index in [0.29, 0.717) is 6.42 Å². The predicted octanol–water partition coefficient (Wildman–Crippen LogP) is -0.510. The fraction of sp³-hybridized carbons (Fsp3) is 0.562. The van der Waals surface area contributed by atoms with Crippen LogP contribution >= 0.6 is 23.5 Å². The number of hydrogen-bond acceptors (Lipinski definition) is 12. The lowest BCUT2D eigenvalue weighted by atomic mass is 10.0. The zero-order chi connectivity index (χ0) is 28.6. The number of hydrogen-bond donors (Lipinski definition) is 8. The Bertz CT molecular complexity index is 1460. The van der Waals surface area contributed by atoms with E-state index in [1.54, 1.807) is 13.8 Å². The Kier molecular flexibility index (Phi) is 9.17. The second-order valence-electron chi connectivity index (χ2n) is 8.10. The smallest absolute Gasteiger partial charge is 0.387 e. The van der Waals surface area contributed by atoms with Crippen LogP contribution in [-0.4, -0.2) is 73.7 Å². The summed E-state index contributed by atoms with van der Waals surface area (Å²) in [4.78, 5) is 68.6. The van der Waals surface area contributed by atoms with Gasteiger partial charge in [-0.1, -0.05) is 18.6 Å².